The molecule has 0 spiro atoms. The highest BCUT2D eigenvalue weighted by Gasteiger charge is 2.14. The van der Waals surface area contributed by atoms with E-state index in [1.165, 1.54) is 16.7 Å². The fraction of sp³-hybridized carbons (Fsp3) is 0.227. The van der Waals surface area contributed by atoms with Gasteiger partial charge in [0.25, 0.3) is 0 Å². The summed E-state index contributed by atoms with van der Waals surface area (Å²) < 4.78 is 0. The van der Waals surface area contributed by atoms with Crippen LogP contribution in [0.4, 0.5) is 4.79 Å². The molecule has 4 heteroatoms. The number of carbonyl (C=O) groups excluding carboxylic acids is 1. The van der Waals surface area contributed by atoms with E-state index in [1.54, 1.807) is 16.2 Å². The predicted molar refractivity (Wildman–Crippen MR) is 109 cm³/mol. The Morgan fingerprint density at radius 1 is 1.08 bits per heavy atom. The first kappa shape index (κ1) is 18.2. The number of thiophene rings is 1. The molecule has 1 atom stereocenters. The minimum Gasteiger partial charge on any atom is -0.335 e. The number of nitrogens with zero attached hydrogens (tertiary/aromatic N) is 1. The second kappa shape index (κ2) is 8.68. The lowest BCUT2D eigenvalue weighted by Crippen LogP contribution is -2.42. The van der Waals surface area contributed by atoms with Gasteiger partial charge in [0, 0.05) is 19.6 Å². The van der Waals surface area contributed by atoms with Crippen LogP contribution in [0.25, 0.3) is 11.1 Å². The largest absolute Gasteiger partial charge is 0.335 e. The zero-order valence-corrected chi connectivity index (χ0v) is 16.0. The lowest BCUT2D eigenvalue weighted by Gasteiger charge is -2.22. The van der Waals surface area contributed by atoms with E-state index in [-0.39, 0.29) is 12.1 Å². The van der Waals surface area contributed by atoms with Crippen molar-refractivity contribution in [3.8, 4) is 11.1 Å². The molecule has 0 aliphatic heterocycles. The van der Waals surface area contributed by atoms with Gasteiger partial charge < -0.3 is 10.2 Å². The summed E-state index contributed by atoms with van der Waals surface area (Å²) in [6, 6.07) is 20.7. The third-order valence-corrected chi connectivity index (χ3v) is 5.08. The summed E-state index contributed by atoms with van der Waals surface area (Å²) in [6.07, 6.45) is 0.851. The minimum atomic E-state index is -0.0457. The first-order valence-corrected chi connectivity index (χ1v) is 9.74. The van der Waals surface area contributed by atoms with Crippen LogP contribution in [0.1, 0.15) is 18.1 Å². The lowest BCUT2D eigenvalue weighted by molar-refractivity contribution is 0.203. The maximum absolute atomic E-state index is 12.6. The maximum Gasteiger partial charge on any atom is 0.317 e. The highest BCUT2D eigenvalue weighted by atomic mass is 32.1. The van der Waals surface area contributed by atoms with Gasteiger partial charge in [-0.05, 0) is 52.4 Å². The van der Waals surface area contributed by atoms with Gasteiger partial charge >= 0.3 is 6.03 Å². The van der Waals surface area contributed by atoms with E-state index in [1.807, 2.05) is 44.3 Å². The van der Waals surface area contributed by atoms with Crippen molar-refractivity contribution in [2.75, 3.05) is 7.05 Å². The predicted octanol–water partition coefficient (Wildman–Crippen LogP) is 5.19. The molecule has 0 saturated carbocycles. The van der Waals surface area contributed by atoms with Crippen molar-refractivity contribution < 1.29 is 4.79 Å². The van der Waals surface area contributed by atoms with Gasteiger partial charge in [0.1, 0.15) is 0 Å². The Bertz CT molecular complexity index is 830. The number of carbonyl (C=O) groups is 1. The molecule has 0 radical (unpaired) electrons. The van der Waals surface area contributed by atoms with Crippen molar-refractivity contribution in [1.82, 2.24) is 10.2 Å². The van der Waals surface area contributed by atoms with Crippen LogP contribution in [0.3, 0.4) is 0 Å². The van der Waals surface area contributed by atoms with Gasteiger partial charge in [-0.3, -0.25) is 0 Å². The van der Waals surface area contributed by atoms with Gasteiger partial charge in [0.15, 0.2) is 0 Å². The van der Waals surface area contributed by atoms with Crippen molar-refractivity contribution in [3.05, 3.63) is 82.6 Å². The SMILES string of the molecule is CC(Cc1ccsc1)NC(=O)N(C)Cc1ccccc1-c1ccccc1. The number of benzene rings is 2. The zero-order chi connectivity index (χ0) is 18.4. The summed E-state index contributed by atoms with van der Waals surface area (Å²) in [6.45, 7) is 2.61. The van der Waals surface area contributed by atoms with Crippen LogP contribution < -0.4 is 5.32 Å². The van der Waals surface area contributed by atoms with E-state index < -0.39 is 0 Å². The first-order chi connectivity index (χ1) is 12.6. The van der Waals surface area contributed by atoms with Crippen LogP contribution in [0.15, 0.2) is 71.4 Å². The molecule has 0 aliphatic rings. The van der Waals surface area contributed by atoms with Gasteiger partial charge in [0.2, 0.25) is 0 Å². The number of amides is 2. The second-order valence-corrected chi connectivity index (χ2v) is 7.35. The number of rotatable bonds is 6. The molecule has 1 heterocycles. The van der Waals surface area contributed by atoms with Gasteiger partial charge in [-0.25, -0.2) is 4.79 Å². The van der Waals surface area contributed by atoms with Crippen LogP contribution in [0.5, 0.6) is 0 Å². The fourth-order valence-electron chi connectivity index (χ4n) is 3.02. The lowest BCUT2D eigenvalue weighted by atomic mass is 9.99. The summed E-state index contributed by atoms with van der Waals surface area (Å²) >= 11 is 1.68. The summed E-state index contributed by atoms with van der Waals surface area (Å²) in [4.78, 5) is 14.3. The maximum atomic E-state index is 12.6. The Morgan fingerprint density at radius 3 is 2.54 bits per heavy atom. The van der Waals surface area contributed by atoms with Crippen LogP contribution in [0, 0.1) is 0 Å². The van der Waals surface area contributed by atoms with Gasteiger partial charge in [-0.15, -0.1) is 0 Å². The second-order valence-electron chi connectivity index (χ2n) is 6.57. The Labute approximate surface area is 159 Å². The third kappa shape index (κ3) is 4.73. The van der Waals surface area contributed by atoms with Gasteiger partial charge in [-0.2, -0.15) is 11.3 Å². The van der Waals surface area contributed by atoms with Crippen LogP contribution in [-0.4, -0.2) is 24.0 Å². The number of hydrogen-bond donors (Lipinski definition) is 1. The van der Waals surface area contributed by atoms with Gasteiger partial charge in [-0.1, -0.05) is 54.6 Å². The molecule has 26 heavy (non-hydrogen) atoms. The summed E-state index contributed by atoms with van der Waals surface area (Å²) in [5.41, 5.74) is 4.74. The molecule has 0 aliphatic carbocycles. The molecule has 134 valence electrons. The topological polar surface area (TPSA) is 32.3 Å². The summed E-state index contributed by atoms with van der Waals surface area (Å²) in [5, 5.41) is 7.28. The average Bonchev–Trinajstić information content (AvgIpc) is 3.15. The normalized spacial score (nSPS) is 11.8. The number of hydrogen-bond acceptors (Lipinski definition) is 2. The van der Waals surface area contributed by atoms with Crippen molar-refractivity contribution in [1.29, 1.82) is 0 Å². The molecule has 3 aromatic rings. The third-order valence-electron chi connectivity index (χ3n) is 4.35. The molecule has 3 nitrogen and oxygen atoms in total. The Morgan fingerprint density at radius 2 is 1.81 bits per heavy atom. The van der Waals surface area contributed by atoms with Crippen LogP contribution in [0.2, 0.25) is 0 Å². The molecule has 1 unspecified atom stereocenters. The van der Waals surface area contributed by atoms with E-state index in [4.69, 9.17) is 0 Å². The highest BCUT2D eigenvalue weighted by molar-refractivity contribution is 7.07. The number of nitrogens with one attached hydrogen (secondary N) is 1. The van der Waals surface area contributed by atoms with Gasteiger partial charge in [0.05, 0.1) is 0 Å². The standard InChI is InChI=1S/C22H24N2OS/c1-17(14-18-12-13-26-16-18)23-22(25)24(2)15-20-10-6-7-11-21(20)19-8-4-3-5-9-19/h3-13,16-17H,14-15H2,1-2H3,(H,23,25). The average molecular weight is 365 g/mol. The molecule has 1 N–H and O–H groups in total. The monoisotopic (exact) mass is 364 g/mol. The Kier molecular flexibility index (Phi) is 6.08. The molecule has 0 saturated heterocycles. The molecule has 0 fully saturated rings. The molecule has 2 amide bonds. The smallest absolute Gasteiger partial charge is 0.317 e. The molecular weight excluding hydrogens is 340 g/mol. The minimum absolute atomic E-state index is 0.0457. The van der Waals surface area contributed by atoms with E-state index in [0.717, 1.165) is 12.0 Å². The zero-order valence-electron chi connectivity index (χ0n) is 15.2. The first-order valence-electron chi connectivity index (χ1n) is 8.79. The van der Waals surface area contributed by atoms with Crippen molar-refractivity contribution in [3.63, 3.8) is 0 Å². The van der Waals surface area contributed by atoms with E-state index >= 15 is 0 Å². The molecule has 3 rings (SSSR count). The quantitative estimate of drug-likeness (QED) is 0.641. The molecule has 0 bridgehead atoms. The Balaban J connectivity index is 1.64. The fourth-order valence-corrected chi connectivity index (χ4v) is 3.70. The van der Waals surface area contributed by atoms with Crippen LogP contribution >= 0.6 is 11.3 Å². The Hall–Kier alpha value is -2.59. The summed E-state index contributed by atoms with van der Waals surface area (Å²) in [5.74, 6) is 0. The molecular formula is C22H24N2OS. The highest BCUT2D eigenvalue weighted by Crippen LogP contribution is 2.24. The molecule has 2 aromatic carbocycles. The number of urea groups is 1. The van der Waals surface area contributed by atoms with E-state index in [9.17, 15) is 4.79 Å². The molecule has 1 aromatic heterocycles. The van der Waals surface area contributed by atoms with Crippen molar-refractivity contribution in [2.24, 2.45) is 0 Å². The van der Waals surface area contributed by atoms with Crippen LogP contribution in [-0.2, 0) is 13.0 Å². The van der Waals surface area contributed by atoms with Crippen molar-refractivity contribution in [2.45, 2.75) is 25.9 Å². The van der Waals surface area contributed by atoms with E-state index in [0.29, 0.717) is 6.54 Å². The van der Waals surface area contributed by atoms with E-state index in [2.05, 4.69) is 46.4 Å². The summed E-state index contributed by atoms with van der Waals surface area (Å²) in [7, 11) is 1.84. The van der Waals surface area contributed by atoms with Crippen molar-refractivity contribution >= 4 is 17.4 Å².